The third-order valence-electron chi connectivity index (χ3n) is 2.27. The van der Waals surface area contributed by atoms with Gasteiger partial charge >= 0.3 is 0 Å². The van der Waals surface area contributed by atoms with Gasteiger partial charge in [-0.1, -0.05) is 12.1 Å². The molecule has 84 valence electrons. The van der Waals surface area contributed by atoms with Gasteiger partial charge in [0.25, 0.3) is 0 Å². The molecule has 0 aliphatic heterocycles. The fourth-order valence-electron chi connectivity index (χ4n) is 1.54. The van der Waals surface area contributed by atoms with Gasteiger partial charge in [0.2, 0.25) is 0 Å². The van der Waals surface area contributed by atoms with Crippen LogP contribution in [0.5, 0.6) is 0 Å². The molecule has 2 rings (SSSR count). The molecule has 4 heteroatoms. The van der Waals surface area contributed by atoms with Crippen LogP contribution in [0, 0.1) is 12.7 Å². The Kier molecular flexibility index (Phi) is 3.25. The molecule has 1 aromatic carbocycles. The standard InChI is InChI=1S/C12H11ClFNO/c1-8-12(16-11(15-8)6-7-13)9-4-2-3-5-10(9)14/h2-5H,6-7H2,1H3. The molecule has 0 aliphatic carbocycles. The van der Waals surface area contributed by atoms with Gasteiger partial charge in [-0.3, -0.25) is 0 Å². The summed E-state index contributed by atoms with van der Waals surface area (Å²) in [6.45, 7) is 1.79. The van der Waals surface area contributed by atoms with E-state index in [4.69, 9.17) is 16.0 Å². The summed E-state index contributed by atoms with van der Waals surface area (Å²) < 4.78 is 19.0. The minimum atomic E-state index is -0.306. The summed E-state index contributed by atoms with van der Waals surface area (Å²) in [6.07, 6.45) is 0.552. The molecule has 1 aromatic heterocycles. The molecule has 0 saturated heterocycles. The summed E-state index contributed by atoms with van der Waals surface area (Å²) in [5.74, 6) is 1.17. The largest absolute Gasteiger partial charge is 0.440 e. The molecular formula is C12H11ClFNO. The maximum Gasteiger partial charge on any atom is 0.196 e. The summed E-state index contributed by atoms with van der Waals surface area (Å²) in [6, 6.07) is 6.48. The van der Waals surface area contributed by atoms with Crippen LogP contribution in [0.4, 0.5) is 4.39 Å². The van der Waals surface area contributed by atoms with Crippen molar-refractivity contribution in [3.05, 3.63) is 41.7 Å². The highest BCUT2D eigenvalue weighted by molar-refractivity contribution is 6.17. The van der Waals surface area contributed by atoms with E-state index >= 15 is 0 Å². The second-order valence-corrected chi connectivity index (χ2v) is 3.82. The van der Waals surface area contributed by atoms with Gasteiger partial charge in [0.05, 0.1) is 11.3 Å². The molecule has 0 saturated carbocycles. The summed E-state index contributed by atoms with van der Waals surface area (Å²) in [5.41, 5.74) is 1.12. The molecule has 0 atom stereocenters. The topological polar surface area (TPSA) is 26.0 Å². The fraction of sp³-hybridized carbons (Fsp3) is 0.250. The number of aromatic nitrogens is 1. The van der Waals surface area contributed by atoms with E-state index in [1.807, 2.05) is 0 Å². The average molecular weight is 240 g/mol. The molecule has 0 fully saturated rings. The van der Waals surface area contributed by atoms with Crippen molar-refractivity contribution < 1.29 is 8.81 Å². The van der Waals surface area contributed by atoms with E-state index in [0.717, 1.165) is 0 Å². The predicted molar refractivity (Wildman–Crippen MR) is 61.1 cm³/mol. The third kappa shape index (κ3) is 2.09. The monoisotopic (exact) mass is 239 g/mol. The second kappa shape index (κ2) is 4.66. The predicted octanol–water partition coefficient (Wildman–Crippen LogP) is 3.57. The van der Waals surface area contributed by atoms with E-state index < -0.39 is 0 Å². The van der Waals surface area contributed by atoms with Gasteiger partial charge in [0.1, 0.15) is 5.82 Å². The number of aryl methyl sites for hydroxylation is 2. The van der Waals surface area contributed by atoms with Crippen molar-refractivity contribution in [1.29, 1.82) is 0 Å². The Labute approximate surface area is 98.1 Å². The highest BCUT2D eigenvalue weighted by Crippen LogP contribution is 2.26. The molecule has 0 amide bonds. The van der Waals surface area contributed by atoms with Crippen LogP contribution >= 0.6 is 11.6 Å². The van der Waals surface area contributed by atoms with Gasteiger partial charge in [-0.15, -0.1) is 11.6 Å². The number of oxazole rings is 1. The van der Waals surface area contributed by atoms with E-state index in [1.165, 1.54) is 6.07 Å². The van der Waals surface area contributed by atoms with Gasteiger partial charge in [-0.2, -0.15) is 0 Å². The van der Waals surface area contributed by atoms with Crippen molar-refractivity contribution in [2.75, 3.05) is 5.88 Å². The molecule has 1 heterocycles. The van der Waals surface area contributed by atoms with Crippen LogP contribution in [-0.2, 0) is 6.42 Å². The maximum absolute atomic E-state index is 13.5. The molecule has 16 heavy (non-hydrogen) atoms. The minimum Gasteiger partial charge on any atom is -0.440 e. The number of hydrogen-bond acceptors (Lipinski definition) is 2. The third-order valence-corrected chi connectivity index (χ3v) is 2.46. The first-order chi connectivity index (χ1) is 7.72. The molecule has 2 aromatic rings. The lowest BCUT2D eigenvalue weighted by molar-refractivity contribution is 0.510. The van der Waals surface area contributed by atoms with E-state index in [9.17, 15) is 4.39 Å². The Morgan fingerprint density at radius 3 is 2.81 bits per heavy atom. The van der Waals surface area contributed by atoms with Crippen LogP contribution in [0.1, 0.15) is 11.6 Å². The van der Waals surface area contributed by atoms with E-state index in [2.05, 4.69) is 4.98 Å². The Balaban J connectivity index is 2.44. The summed E-state index contributed by atoms with van der Waals surface area (Å²) in [4.78, 5) is 4.20. The molecule has 0 bridgehead atoms. The highest BCUT2D eigenvalue weighted by atomic mass is 35.5. The number of alkyl halides is 1. The fourth-order valence-corrected chi connectivity index (χ4v) is 1.70. The van der Waals surface area contributed by atoms with Crippen molar-refractivity contribution in [1.82, 2.24) is 4.98 Å². The van der Waals surface area contributed by atoms with Crippen LogP contribution in [0.25, 0.3) is 11.3 Å². The Morgan fingerprint density at radius 1 is 1.38 bits per heavy atom. The lowest BCUT2D eigenvalue weighted by Crippen LogP contribution is -1.84. The summed E-state index contributed by atoms with van der Waals surface area (Å²) >= 11 is 5.60. The number of benzene rings is 1. The number of hydrogen-bond donors (Lipinski definition) is 0. The second-order valence-electron chi connectivity index (χ2n) is 3.44. The van der Waals surface area contributed by atoms with Crippen molar-refractivity contribution >= 4 is 11.6 Å². The Morgan fingerprint density at radius 2 is 2.12 bits per heavy atom. The van der Waals surface area contributed by atoms with Crippen LogP contribution in [0.2, 0.25) is 0 Å². The van der Waals surface area contributed by atoms with Gasteiger partial charge in [-0.25, -0.2) is 9.37 Å². The van der Waals surface area contributed by atoms with Crippen LogP contribution < -0.4 is 0 Å². The number of rotatable bonds is 3. The van der Waals surface area contributed by atoms with Crippen molar-refractivity contribution in [3.63, 3.8) is 0 Å². The lowest BCUT2D eigenvalue weighted by atomic mass is 10.1. The molecule has 0 aliphatic rings. The zero-order chi connectivity index (χ0) is 11.5. The zero-order valence-electron chi connectivity index (χ0n) is 8.84. The van der Waals surface area contributed by atoms with Crippen LogP contribution in [-0.4, -0.2) is 10.9 Å². The summed E-state index contributed by atoms with van der Waals surface area (Å²) in [5, 5.41) is 0. The molecule has 0 N–H and O–H groups in total. The first kappa shape index (κ1) is 11.1. The van der Waals surface area contributed by atoms with Gasteiger partial charge in [0.15, 0.2) is 11.7 Å². The first-order valence-corrected chi connectivity index (χ1v) is 5.53. The molecule has 0 spiro atoms. The SMILES string of the molecule is Cc1nc(CCCl)oc1-c1ccccc1F. The van der Waals surface area contributed by atoms with Crippen LogP contribution in [0.3, 0.4) is 0 Å². The van der Waals surface area contributed by atoms with Crippen molar-refractivity contribution in [2.24, 2.45) is 0 Å². The minimum absolute atomic E-state index is 0.306. The van der Waals surface area contributed by atoms with Gasteiger partial charge in [0, 0.05) is 12.3 Å². The lowest BCUT2D eigenvalue weighted by Gasteiger charge is -1.98. The smallest absolute Gasteiger partial charge is 0.196 e. The Hall–Kier alpha value is -1.35. The number of nitrogens with zero attached hydrogens (tertiary/aromatic N) is 1. The van der Waals surface area contributed by atoms with Crippen molar-refractivity contribution in [2.45, 2.75) is 13.3 Å². The average Bonchev–Trinajstić information content (AvgIpc) is 2.61. The molecule has 0 unspecified atom stereocenters. The maximum atomic E-state index is 13.5. The quantitative estimate of drug-likeness (QED) is 0.766. The number of halogens is 2. The van der Waals surface area contributed by atoms with Gasteiger partial charge in [-0.05, 0) is 19.1 Å². The van der Waals surface area contributed by atoms with Crippen molar-refractivity contribution in [3.8, 4) is 11.3 Å². The first-order valence-electron chi connectivity index (χ1n) is 4.99. The highest BCUT2D eigenvalue weighted by Gasteiger charge is 2.14. The van der Waals surface area contributed by atoms with E-state index in [-0.39, 0.29) is 5.82 Å². The normalized spacial score (nSPS) is 10.7. The Bertz CT molecular complexity index is 496. The van der Waals surface area contributed by atoms with Crippen LogP contribution in [0.15, 0.2) is 28.7 Å². The zero-order valence-corrected chi connectivity index (χ0v) is 9.59. The van der Waals surface area contributed by atoms with E-state index in [0.29, 0.717) is 35.2 Å². The van der Waals surface area contributed by atoms with E-state index in [1.54, 1.807) is 25.1 Å². The summed E-state index contributed by atoms with van der Waals surface area (Å²) in [7, 11) is 0. The molecule has 2 nitrogen and oxygen atoms in total. The molecular weight excluding hydrogens is 229 g/mol. The molecule has 0 radical (unpaired) electrons. The van der Waals surface area contributed by atoms with Gasteiger partial charge < -0.3 is 4.42 Å².